The monoisotopic (exact) mass is 278 g/mol. The van der Waals surface area contributed by atoms with Crippen LogP contribution in [0, 0.1) is 13.8 Å². The number of nitrogens with zero attached hydrogens (tertiary/aromatic N) is 4. The fourth-order valence-electron chi connectivity index (χ4n) is 2.10. The Balaban J connectivity index is 2.58. The minimum atomic E-state index is 0.583. The fourth-order valence-corrected chi connectivity index (χ4v) is 2.47. The van der Waals surface area contributed by atoms with Crippen molar-refractivity contribution in [1.29, 1.82) is 0 Å². The Morgan fingerprint density at radius 2 is 2.11 bits per heavy atom. The molecule has 2 aromatic rings. The second kappa shape index (κ2) is 5.58. The van der Waals surface area contributed by atoms with Crippen molar-refractivity contribution in [3.63, 3.8) is 0 Å². The van der Waals surface area contributed by atoms with Crippen LogP contribution >= 0.6 is 11.8 Å². The number of rotatable bonds is 4. The lowest BCUT2D eigenvalue weighted by Crippen LogP contribution is -2.12. The number of nitrogens with one attached hydrogen (secondary N) is 1. The highest BCUT2D eigenvalue weighted by atomic mass is 32.2. The molecule has 0 fully saturated rings. The Labute approximate surface area is 116 Å². The number of aryl methyl sites for hydroxylation is 1. The minimum Gasteiger partial charge on any atom is -0.308 e. The first kappa shape index (κ1) is 13.8. The topological polar surface area (TPSA) is 81.7 Å². The summed E-state index contributed by atoms with van der Waals surface area (Å²) in [5.41, 5.74) is 5.96. The second-order valence-electron chi connectivity index (χ2n) is 4.16. The molecule has 0 aromatic carbocycles. The highest BCUT2D eigenvalue weighted by Crippen LogP contribution is 2.20. The first-order chi connectivity index (χ1) is 9.10. The van der Waals surface area contributed by atoms with Gasteiger partial charge >= 0.3 is 0 Å². The van der Waals surface area contributed by atoms with Crippen LogP contribution in [-0.4, -0.2) is 26.0 Å². The van der Waals surface area contributed by atoms with Crippen LogP contribution in [0.2, 0.25) is 0 Å². The summed E-state index contributed by atoms with van der Waals surface area (Å²) in [5, 5.41) is 5.21. The van der Waals surface area contributed by atoms with Crippen LogP contribution in [0.4, 0.5) is 5.82 Å². The van der Waals surface area contributed by atoms with Gasteiger partial charge in [-0.25, -0.2) is 20.5 Å². The summed E-state index contributed by atoms with van der Waals surface area (Å²) in [6.45, 7) is 6.19. The third kappa shape index (κ3) is 2.57. The SMILES string of the molecule is CCc1c(C)nn(-c2cc(NN)nc(SC)n2)c1C. The van der Waals surface area contributed by atoms with Gasteiger partial charge in [-0.3, -0.25) is 0 Å². The van der Waals surface area contributed by atoms with Crippen molar-refractivity contribution < 1.29 is 0 Å². The standard InChI is InChI=1S/C12H18N6S/c1-5-9-7(2)17-18(8(9)3)11-6-10(16-13)14-12(15-11)19-4/h6H,5,13H2,1-4H3,(H,14,15,16). The summed E-state index contributed by atoms with van der Waals surface area (Å²) in [7, 11) is 0. The Bertz CT molecular complexity index is 570. The van der Waals surface area contributed by atoms with Gasteiger partial charge in [0.2, 0.25) is 0 Å². The van der Waals surface area contributed by atoms with E-state index in [4.69, 9.17) is 5.84 Å². The van der Waals surface area contributed by atoms with Gasteiger partial charge in [0.15, 0.2) is 11.0 Å². The summed E-state index contributed by atoms with van der Waals surface area (Å²) < 4.78 is 1.84. The number of thioether (sulfide) groups is 1. The molecule has 6 nitrogen and oxygen atoms in total. The van der Waals surface area contributed by atoms with Crippen LogP contribution < -0.4 is 11.3 Å². The molecule has 0 amide bonds. The summed E-state index contributed by atoms with van der Waals surface area (Å²) >= 11 is 1.47. The predicted molar refractivity (Wildman–Crippen MR) is 77.6 cm³/mol. The van der Waals surface area contributed by atoms with Crippen molar-refractivity contribution in [2.45, 2.75) is 32.3 Å². The van der Waals surface area contributed by atoms with Crippen molar-refractivity contribution in [3.05, 3.63) is 23.0 Å². The van der Waals surface area contributed by atoms with Crippen LogP contribution in [0.5, 0.6) is 0 Å². The largest absolute Gasteiger partial charge is 0.308 e. The van der Waals surface area contributed by atoms with E-state index in [1.165, 1.54) is 17.3 Å². The molecule has 0 unspecified atom stereocenters. The number of hydrogen-bond donors (Lipinski definition) is 2. The molecule has 0 aliphatic carbocycles. The van der Waals surface area contributed by atoms with E-state index >= 15 is 0 Å². The lowest BCUT2D eigenvalue weighted by atomic mass is 10.1. The predicted octanol–water partition coefficient (Wildman–Crippen LogP) is 1.85. The molecular formula is C12H18N6S. The van der Waals surface area contributed by atoms with Crippen molar-refractivity contribution >= 4 is 17.6 Å². The van der Waals surface area contributed by atoms with Gasteiger partial charge in [0.25, 0.3) is 0 Å². The van der Waals surface area contributed by atoms with Crippen molar-refractivity contribution in [1.82, 2.24) is 19.7 Å². The van der Waals surface area contributed by atoms with Gasteiger partial charge in [-0.05, 0) is 32.1 Å². The summed E-state index contributed by atoms with van der Waals surface area (Å²) in [5.74, 6) is 6.75. The number of nitrogens with two attached hydrogens (primary N) is 1. The Kier molecular flexibility index (Phi) is 4.06. The maximum atomic E-state index is 5.44. The van der Waals surface area contributed by atoms with E-state index in [1.54, 1.807) is 6.07 Å². The molecule has 2 aromatic heterocycles. The van der Waals surface area contributed by atoms with E-state index in [1.807, 2.05) is 17.9 Å². The van der Waals surface area contributed by atoms with Crippen molar-refractivity contribution in [2.75, 3.05) is 11.7 Å². The number of aromatic nitrogens is 4. The molecule has 0 aliphatic heterocycles. The molecule has 0 bridgehead atoms. The molecule has 0 spiro atoms. The zero-order chi connectivity index (χ0) is 14.0. The van der Waals surface area contributed by atoms with Crippen molar-refractivity contribution in [3.8, 4) is 5.82 Å². The van der Waals surface area contributed by atoms with Gasteiger partial charge in [-0.1, -0.05) is 18.7 Å². The van der Waals surface area contributed by atoms with Gasteiger partial charge in [-0.15, -0.1) is 0 Å². The lowest BCUT2D eigenvalue weighted by Gasteiger charge is -2.08. The molecular weight excluding hydrogens is 260 g/mol. The molecule has 0 radical (unpaired) electrons. The van der Waals surface area contributed by atoms with E-state index in [0.29, 0.717) is 11.0 Å². The number of anilines is 1. The lowest BCUT2D eigenvalue weighted by molar-refractivity contribution is 0.777. The fraction of sp³-hybridized carbons (Fsp3) is 0.417. The van der Waals surface area contributed by atoms with E-state index in [9.17, 15) is 0 Å². The average molecular weight is 278 g/mol. The Morgan fingerprint density at radius 3 is 2.63 bits per heavy atom. The van der Waals surface area contributed by atoms with E-state index < -0.39 is 0 Å². The molecule has 0 saturated carbocycles. The van der Waals surface area contributed by atoms with Crippen LogP contribution in [-0.2, 0) is 6.42 Å². The normalized spacial score (nSPS) is 10.8. The Hall–Kier alpha value is -1.60. The molecule has 0 saturated heterocycles. The number of hydrazine groups is 1. The zero-order valence-electron chi connectivity index (χ0n) is 11.6. The zero-order valence-corrected chi connectivity index (χ0v) is 12.4. The third-order valence-electron chi connectivity index (χ3n) is 3.03. The van der Waals surface area contributed by atoms with Crippen LogP contribution in [0.25, 0.3) is 5.82 Å². The Morgan fingerprint density at radius 1 is 1.37 bits per heavy atom. The highest BCUT2D eigenvalue weighted by molar-refractivity contribution is 7.98. The summed E-state index contributed by atoms with van der Waals surface area (Å²) in [6.07, 6.45) is 2.89. The van der Waals surface area contributed by atoms with Gasteiger partial charge in [0.05, 0.1) is 5.69 Å². The maximum absolute atomic E-state index is 5.44. The minimum absolute atomic E-state index is 0.583. The molecule has 2 heterocycles. The molecule has 7 heteroatoms. The van der Waals surface area contributed by atoms with Gasteiger partial charge in [-0.2, -0.15) is 5.10 Å². The summed E-state index contributed by atoms with van der Waals surface area (Å²) in [6, 6.07) is 1.79. The average Bonchev–Trinajstić information content (AvgIpc) is 2.72. The van der Waals surface area contributed by atoms with Gasteiger partial charge in [0, 0.05) is 11.8 Å². The van der Waals surface area contributed by atoms with Crippen molar-refractivity contribution in [2.24, 2.45) is 5.84 Å². The molecule has 2 rings (SSSR count). The number of nitrogen functional groups attached to an aromatic ring is 1. The number of hydrogen-bond acceptors (Lipinski definition) is 6. The van der Waals surface area contributed by atoms with Crippen LogP contribution in [0.15, 0.2) is 11.2 Å². The maximum Gasteiger partial charge on any atom is 0.191 e. The van der Waals surface area contributed by atoms with Gasteiger partial charge < -0.3 is 5.43 Å². The third-order valence-corrected chi connectivity index (χ3v) is 3.58. The second-order valence-corrected chi connectivity index (χ2v) is 4.93. The van der Waals surface area contributed by atoms with Crippen LogP contribution in [0.3, 0.4) is 0 Å². The van der Waals surface area contributed by atoms with Gasteiger partial charge in [0.1, 0.15) is 5.82 Å². The molecule has 0 atom stereocenters. The molecule has 0 aliphatic rings. The molecule has 102 valence electrons. The summed E-state index contributed by atoms with van der Waals surface area (Å²) in [4.78, 5) is 8.73. The molecule has 3 N–H and O–H groups in total. The van der Waals surface area contributed by atoms with E-state index in [2.05, 4.69) is 34.3 Å². The first-order valence-corrected chi connectivity index (χ1v) is 7.28. The molecule has 19 heavy (non-hydrogen) atoms. The van der Waals surface area contributed by atoms with E-state index in [-0.39, 0.29) is 0 Å². The quantitative estimate of drug-likeness (QED) is 0.384. The van der Waals surface area contributed by atoms with Crippen LogP contribution in [0.1, 0.15) is 23.9 Å². The smallest absolute Gasteiger partial charge is 0.191 e. The highest BCUT2D eigenvalue weighted by Gasteiger charge is 2.13. The van der Waals surface area contributed by atoms with E-state index in [0.717, 1.165) is 23.6 Å². The first-order valence-electron chi connectivity index (χ1n) is 6.05.